The lowest BCUT2D eigenvalue weighted by molar-refractivity contribution is 0.766. The highest BCUT2D eigenvalue weighted by Gasteiger charge is 2.13. The van der Waals surface area contributed by atoms with E-state index in [2.05, 4.69) is 113 Å². The molecular formula is C38H23N5. The van der Waals surface area contributed by atoms with Gasteiger partial charge >= 0.3 is 0 Å². The standard InChI is InChI=1S/C38H23N5/c1-2-8-29-27(7-1)23-32(31-10-4-3-9-30(29)31)34-22-18-26-14-13-25-17-21-33(39-37(25)38(26)40-34)24-15-19-28(20-16-24)43-41-35-11-5-6-12-36(35)42-43/h1-23H. The predicted octanol–water partition coefficient (Wildman–Crippen LogP) is 9.16. The van der Waals surface area contributed by atoms with Crippen molar-refractivity contribution in [2.75, 3.05) is 0 Å². The first-order valence-electron chi connectivity index (χ1n) is 14.3. The quantitative estimate of drug-likeness (QED) is 0.206. The Morgan fingerprint density at radius 1 is 0.419 bits per heavy atom. The second-order valence-electron chi connectivity index (χ2n) is 10.8. The minimum atomic E-state index is 0.873. The van der Waals surface area contributed by atoms with Crippen LogP contribution in [0.4, 0.5) is 0 Å². The van der Waals surface area contributed by atoms with Crippen molar-refractivity contribution < 1.29 is 0 Å². The zero-order valence-electron chi connectivity index (χ0n) is 23.0. The minimum absolute atomic E-state index is 0.873. The summed E-state index contributed by atoms with van der Waals surface area (Å²) in [6, 6.07) is 48.2. The molecular weight excluding hydrogens is 526 g/mol. The third-order valence-electron chi connectivity index (χ3n) is 8.24. The number of nitrogens with zero attached hydrogens (tertiary/aromatic N) is 5. The lowest BCUT2D eigenvalue weighted by Gasteiger charge is -2.12. The van der Waals surface area contributed by atoms with E-state index in [0.29, 0.717) is 0 Å². The van der Waals surface area contributed by atoms with Gasteiger partial charge in [0.15, 0.2) is 0 Å². The maximum atomic E-state index is 5.26. The Morgan fingerprint density at radius 3 is 1.70 bits per heavy atom. The SMILES string of the molecule is c1ccc2c(c1)cc(-c1ccc3ccc4ccc(-c5ccc(-n6nc7ccccc7n6)cc5)nc4c3n1)c1ccccc12. The summed E-state index contributed by atoms with van der Waals surface area (Å²) in [5.41, 5.74) is 8.43. The largest absolute Gasteiger partial charge is 0.245 e. The molecule has 0 amide bonds. The number of fused-ring (bicyclic) bond motifs is 7. The van der Waals surface area contributed by atoms with Crippen LogP contribution in [0.3, 0.4) is 0 Å². The Labute approximate surface area is 246 Å². The molecule has 0 aliphatic carbocycles. The summed E-state index contributed by atoms with van der Waals surface area (Å²) in [5, 5.41) is 16.2. The third-order valence-corrected chi connectivity index (χ3v) is 8.24. The van der Waals surface area contributed by atoms with Gasteiger partial charge in [0.25, 0.3) is 0 Å². The van der Waals surface area contributed by atoms with Gasteiger partial charge < -0.3 is 0 Å². The number of rotatable bonds is 3. The summed E-state index contributed by atoms with van der Waals surface area (Å²) in [4.78, 5) is 12.1. The van der Waals surface area contributed by atoms with E-state index in [1.807, 2.05) is 36.4 Å². The van der Waals surface area contributed by atoms with Crippen LogP contribution in [0, 0.1) is 0 Å². The van der Waals surface area contributed by atoms with Gasteiger partial charge in [-0.15, -0.1) is 10.2 Å². The number of aromatic nitrogens is 5. The molecule has 0 N–H and O–H groups in total. The van der Waals surface area contributed by atoms with Gasteiger partial charge in [0.2, 0.25) is 0 Å². The van der Waals surface area contributed by atoms with Crippen LogP contribution in [0.25, 0.3) is 82.6 Å². The molecule has 0 aliphatic rings. The summed E-state index contributed by atoms with van der Waals surface area (Å²) in [5.74, 6) is 0. The van der Waals surface area contributed by atoms with Crippen LogP contribution >= 0.6 is 0 Å². The van der Waals surface area contributed by atoms with Crippen molar-refractivity contribution >= 4 is 54.4 Å². The van der Waals surface area contributed by atoms with E-state index < -0.39 is 0 Å². The van der Waals surface area contributed by atoms with E-state index in [1.165, 1.54) is 21.5 Å². The first-order chi connectivity index (χ1) is 21.3. The lowest BCUT2D eigenvalue weighted by atomic mass is 9.95. The van der Waals surface area contributed by atoms with E-state index in [4.69, 9.17) is 9.97 Å². The molecule has 9 aromatic rings. The van der Waals surface area contributed by atoms with E-state index in [9.17, 15) is 0 Å². The van der Waals surface area contributed by atoms with Gasteiger partial charge in [-0.05, 0) is 64.0 Å². The van der Waals surface area contributed by atoms with Gasteiger partial charge in [0.05, 0.1) is 28.1 Å². The number of hydrogen-bond donors (Lipinski definition) is 0. The van der Waals surface area contributed by atoms with Crippen LogP contribution in [-0.4, -0.2) is 25.0 Å². The zero-order chi connectivity index (χ0) is 28.3. The molecule has 0 saturated heterocycles. The van der Waals surface area contributed by atoms with E-state index in [0.717, 1.165) is 61.0 Å². The van der Waals surface area contributed by atoms with Gasteiger partial charge in [0, 0.05) is 21.9 Å². The highest BCUT2D eigenvalue weighted by Crippen LogP contribution is 2.36. The molecule has 0 aliphatic heterocycles. The number of benzene rings is 6. The maximum Gasteiger partial charge on any atom is 0.113 e. The van der Waals surface area contributed by atoms with Gasteiger partial charge in [-0.3, -0.25) is 0 Å². The summed E-state index contributed by atoms with van der Waals surface area (Å²) in [7, 11) is 0. The van der Waals surface area contributed by atoms with Crippen LogP contribution in [0.2, 0.25) is 0 Å². The van der Waals surface area contributed by atoms with Crippen LogP contribution in [0.1, 0.15) is 0 Å². The molecule has 9 rings (SSSR count). The molecule has 3 heterocycles. The molecule has 0 radical (unpaired) electrons. The van der Waals surface area contributed by atoms with Gasteiger partial charge in [-0.2, -0.15) is 4.80 Å². The average Bonchev–Trinajstić information content (AvgIpc) is 3.52. The van der Waals surface area contributed by atoms with Crippen molar-refractivity contribution in [3.8, 4) is 28.2 Å². The topological polar surface area (TPSA) is 56.5 Å². The molecule has 0 atom stereocenters. The molecule has 200 valence electrons. The Kier molecular flexibility index (Phi) is 5.13. The van der Waals surface area contributed by atoms with E-state index in [-0.39, 0.29) is 0 Å². The Hall–Kier alpha value is -5.94. The lowest BCUT2D eigenvalue weighted by Crippen LogP contribution is -1.98. The normalized spacial score (nSPS) is 11.7. The fourth-order valence-electron chi connectivity index (χ4n) is 6.09. The fraction of sp³-hybridized carbons (Fsp3) is 0. The molecule has 5 heteroatoms. The number of hydrogen-bond acceptors (Lipinski definition) is 4. The Balaban J connectivity index is 1.17. The van der Waals surface area contributed by atoms with Crippen LogP contribution in [-0.2, 0) is 0 Å². The van der Waals surface area contributed by atoms with E-state index >= 15 is 0 Å². The van der Waals surface area contributed by atoms with Crippen molar-refractivity contribution in [3.05, 3.63) is 140 Å². The van der Waals surface area contributed by atoms with Gasteiger partial charge in [-0.25, -0.2) is 9.97 Å². The predicted molar refractivity (Wildman–Crippen MR) is 175 cm³/mol. The highest BCUT2D eigenvalue weighted by atomic mass is 15.5. The van der Waals surface area contributed by atoms with Crippen molar-refractivity contribution in [1.82, 2.24) is 25.0 Å². The molecule has 5 nitrogen and oxygen atoms in total. The fourth-order valence-corrected chi connectivity index (χ4v) is 6.09. The minimum Gasteiger partial charge on any atom is -0.245 e. The van der Waals surface area contributed by atoms with Crippen molar-refractivity contribution in [2.45, 2.75) is 0 Å². The Bertz CT molecular complexity index is 2480. The maximum absolute atomic E-state index is 5.26. The highest BCUT2D eigenvalue weighted by molar-refractivity contribution is 6.14. The smallest absolute Gasteiger partial charge is 0.113 e. The summed E-state index contributed by atoms with van der Waals surface area (Å²) < 4.78 is 0. The van der Waals surface area contributed by atoms with E-state index in [1.54, 1.807) is 4.80 Å². The van der Waals surface area contributed by atoms with Crippen molar-refractivity contribution in [3.63, 3.8) is 0 Å². The van der Waals surface area contributed by atoms with Gasteiger partial charge in [0.1, 0.15) is 11.0 Å². The molecule has 0 spiro atoms. The first-order valence-corrected chi connectivity index (χ1v) is 14.3. The molecule has 0 fully saturated rings. The zero-order valence-corrected chi connectivity index (χ0v) is 23.0. The molecule has 0 bridgehead atoms. The van der Waals surface area contributed by atoms with Crippen LogP contribution < -0.4 is 0 Å². The average molecular weight is 550 g/mol. The van der Waals surface area contributed by atoms with Crippen molar-refractivity contribution in [2.24, 2.45) is 0 Å². The number of pyridine rings is 2. The molecule has 0 unspecified atom stereocenters. The van der Waals surface area contributed by atoms with Crippen LogP contribution in [0.15, 0.2) is 140 Å². The molecule has 6 aromatic carbocycles. The molecule has 3 aromatic heterocycles. The second kappa shape index (κ2) is 9.29. The summed E-state index contributed by atoms with van der Waals surface area (Å²) in [6.07, 6.45) is 0. The van der Waals surface area contributed by atoms with Gasteiger partial charge in [-0.1, -0.05) is 97.1 Å². The monoisotopic (exact) mass is 549 g/mol. The summed E-state index contributed by atoms with van der Waals surface area (Å²) >= 11 is 0. The van der Waals surface area contributed by atoms with Crippen LogP contribution in [0.5, 0.6) is 0 Å². The Morgan fingerprint density at radius 2 is 0.977 bits per heavy atom. The van der Waals surface area contributed by atoms with Crippen molar-refractivity contribution in [1.29, 1.82) is 0 Å². The third kappa shape index (κ3) is 3.86. The summed E-state index contributed by atoms with van der Waals surface area (Å²) in [6.45, 7) is 0. The first kappa shape index (κ1) is 23.7. The second-order valence-corrected chi connectivity index (χ2v) is 10.8. The molecule has 43 heavy (non-hydrogen) atoms. The molecule has 0 saturated carbocycles.